The molecule has 1 saturated heterocycles. The molecular weight excluding hydrogens is 232 g/mol. The lowest BCUT2D eigenvalue weighted by molar-refractivity contribution is 0.247. The Morgan fingerprint density at radius 1 is 1.35 bits per heavy atom. The molecular formula is C14H21ClN2. The van der Waals surface area contributed by atoms with Gasteiger partial charge in [0.05, 0.1) is 0 Å². The van der Waals surface area contributed by atoms with Crippen LogP contribution in [0.25, 0.3) is 0 Å². The lowest BCUT2D eigenvalue weighted by atomic mass is 9.89. The second kappa shape index (κ2) is 5.38. The van der Waals surface area contributed by atoms with E-state index in [1.807, 2.05) is 12.1 Å². The molecule has 94 valence electrons. The molecule has 0 aromatic heterocycles. The minimum Gasteiger partial charge on any atom is -0.312 e. The Morgan fingerprint density at radius 3 is 2.71 bits per heavy atom. The van der Waals surface area contributed by atoms with Crippen molar-refractivity contribution in [3.63, 3.8) is 0 Å². The van der Waals surface area contributed by atoms with E-state index in [0.717, 1.165) is 18.1 Å². The molecule has 0 amide bonds. The summed E-state index contributed by atoms with van der Waals surface area (Å²) in [7, 11) is 0. The van der Waals surface area contributed by atoms with Gasteiger partial charge in [0.1, 0.15) is 0 Å². The van der Waals surface area contributed by atoms with Gasteiger partial charge in [-0.15, -0.1) is 0 Å². The van der Waals surface area contributed by atoms with Gasteiger partial charge in [0.15, 0.2) is 0 Å². The van der Waals surface area contributed by atoms with E-state index in [0.29, 0.717) is 6.04 Å². The topological polar surface area (TPSA) is 24.1 Å². The van der Waals surface area contributed by atoms with Gasteiger partial charge in [-0.2, -0.15) is 0 Å². The van der Waals surface area contributed by atoms with E-state index >= 15 is 0 Å². The zero-order valence-electron chi connectivity index (χ0n) is 10.6. The van der Waals surface area contributed by atoms with Gasteiger partial charge in [-0.3, -0.25) is 0 Å². The molecule has 1 fully saturated rings. The molecule has 0 spiro atoms. The molecule has 0 saturated carbocycles. The fourth-order valence-electron chi connectivity index (χ4n) is 2.41. The summed E-state index contributed by atoms with van der Waals surface area (Å²) in [4.78, 5) is 0. The number of halogens is 1. The first-order chi connectivity index (χ1) is 8.05. The number of hydrogen-bond donors (Lipinski definition) is 2. The standard InChI is InChI=1S/C14H21ClN2/c1-14(2)9-13(7-8-17-14)16-10-11-3-5-12(15)6-4-11/h3-6,13,16-17H,7-10H2,1-2H3. The van der Waals surface area contributed by atoms with Crippen molar-refractivity contribution in [3.05, 3.63) is 34.9 Å². The van der Waals surface area contributed by atoms with Crippen molar-refractivity contribution >= 4 is 11.6 Å². The van der Waals surface area contributed by atoms with E-state index in [1.165, 1.54) is 18.4 Å². The van der Waals surface area contributed by atoms with Gasteiger partial charge in [0, 0.05) is 23.1 Å². The lowest BCUT2D eigenvalue weighted by Crippen LogP contribution is -2.51. The molecule has 2 rings (SSSR count). The molecule has 1 unspecified atom stereocenters. The first-order valence-corrected chi connectivity index (χ1v) is 6.66. The summed E-state index contributed by atoms with van der Waals surface area (Å²) >= 11 is 5.87. The van der Waals surface area contributed by atoms with Crippen LogP contribution in [0.2, 0.25) is 5.02 Å². The molecule has 1 aromatic rings. The van der Waals surface area contributed by atoms with Crippen LogP contribution in [-0.2, 0) is 6.54 Å². The van der Waals surface area contributed by atoms with Gasteiger partial charge in [-0.25, -0.2) is 0 Å². The van der Waals surface area contributed by atoms with Crippen LogP contribution in [0, 0.1) is 0 Å². The molecule has 1 atom stereocenters. The lowest BCUT2D eigenvalue weighted by Gasteiger charge is -2.37. The van der Waals surface area contributed by atoms with E-state index in [2.05, 4.69) is 36.6 Å². The second-order valence-corrected chi connectivity index (χ2v) is 5.94. The molecule has 1 aliphatic rings. The van der Waals surface area contributed by atoms with Gasteiger partial charge in [0.25, 0.3) is 0 Å². The Labute approximate surface area is 109 Å². The van der Waals surface area contributed by atoms with Crippen LogP contribution in [0.4, 0.5) is 0 Å². The summed E-state index contributed by atoms with van der Waals surface area (Å²) in [5, 5.41) is 7.97. The summed E-state index contributed by atoms with van der Waals surface area (Å²) in [5.41, 5.74) is 1.56. The van der Waals surface area contributed by atoms with Crippen LogP contribution >= 0.6 is 11.6 Å². The Morgan fingerprint density at radius 2 is 2.06 bits per heavy atom. The van der Waals surface area contributed by atoms with Gasteiger partial charge >= 0.3 is 0 Å². The molecule has 1 heterocycles. The summed E-state index contributed by atoms with van der Waals surface area (Å²) in [5.74, 6) is 0. The molecule has 0 radical (unpaired) electrons. The highest BCUT2D eigenvalue weighted by molar-refractivity contribution is 6.30. The summed E-state index contributed by atoms with van der Waals surface area (Å²) < 4.78 is 0. The van der Waals surface area contributed by atoms with E-state index in [-0.39, 0.29) is 5.54 Å². The third-order valence-electron chi connectivity index (χ3n) is 3.36. The smallest absolute Gasteiger partial charge is 0.0406 e. The van der Waals surface area contributed by atoms with Crippen molar-refractivity contribution in [1.82, 2.24) is 10.6 Å². The number of nitrogens with one attached hydrogen (secondary N) is 2. The number of piperidine rings is 1. The maximum atomic E-state index is 5.87. The number of rotatable bonds is 3. The molecule has 2 N–H and O–H groups in total. The quantitative estimate of drug-likeness (QED) is 0.864. The van der Waals surface area contributed by atoms with Gasteiger partial charge in [-0.05, 0) is 50.9 Å². The maximum Gasteiger partial charge on any atom is 0.0406 e. The molecule has 1 aromatic carbocycles. The normalized spacial score (nSPS) is 23.6. The SMILES string of the molecule is CC1(C)CC(NCc2ccc(Cl)cc2)CCN1. The highest BCUT2D eigenvalue weighted by Gasteiger charge is 2.26. The van der Waals surface area contributed by atoms with Gasteiger partial charge in [0.2, 0.25) is 0 Å². The minimum atomic E-state index is 0.260. The van der Waals surface area contributed by atoms with Crippen LogP contribution in [0.3, 0.4) is 0 Å². The fourth-order valence-corrected chi connectivity index (χ4v) is 2.54. The van der Waals surface area contributed by atoms with Gasteiger partial charge in [-0.1, -0.05) is 23.7 Å². The zero-order chi connectivity index (χ0) is 12.3. The molecule has 17 heavy (non-hydrogen) atoms. The Hall–Kier alpha value is -0.570. The molecule has 0 aliphatic carbocycles. The van der Waals surface area contributed by atoms with Crippen molar-refractivity contribution in [2.75, 3.05) is 6.54 Å². The van der Waals surface area contributed by atoms with Crippen molar-refractivity contribution in [1.29, 1.82) is 0 Å². The summed E-state index contributed by atoms with van der Waals surface area (Å²) in [6, 6.07) is 8.68. The van der Waals surface area contributed by atoms with Crippen molar-refractivity contribution in [2.45, 2.75) is 44.8 Å². The van der Waals surface area contributed by atoms with Gasteiger partial charge < -0.3 is 10.6 Å². The van der Waals surface area contributed by atoms with Crippen molar-refractivity contribution in [2.24, 2.45) is 0 Å². The predicted octanol–water partition coefficient (Wildman–Crippen LogP) is 2.96. The predicted molar refractivity (Wildman–Crippen MR) is 73.4 cm³/mol. The highest BCUT2D eigenvalue weighted by Crippen LogP contribution is 2.18. The van der Waals surface area contributed by atoms with E-state index in [4.69, 9.17) is 11.6 Å². The second-order valence-electron chi connectivity index (χ2n) is 5.51. The highest BCUT2D eigenvalue weighted by atomic mass is 35.5. The summed E-state index contributed by atoms with van der Waals surface area (Å²) in [6.45, 7) is 6.56. The molecule has 1 aliphatic heterocycles. The van der Waals surface area contributed by atoms with Crippen LogP contribution < -0.4 is 10.6 Å². The first-order valence-electron chi connectivity index (χ1n) is 6.28. The molecule has 0 bridgehead atoms. The monoisotopic (exact) mass is 252 g/mol. The maximum absolute atomic E-state index is 5.87. The third kappa shape index (κ3) is 3.98. The third-order valence-corrected chi connectivity index (χ3v) is 3.61. The zero-order valence-corrected chi connectivity index (χ0v) is 11.3. The van der Waals surface area contributed by atoms with E-state index in [9.17, 15) is 0 Å². The molecule has 3 heteroatoms. The minimum absolute atomic E-state index is 0.260. The van der Waals surface area contributed by atoms with E-state index in [1.54, 1.807) is 0 Å². The van der Waals surface area contributed by atoms with Crippen molar-refractivity contribution < 1.29 is 0 Å². The molecule has 2 nitrogen and oxygen atoms in total. The fraction of sp³-hybridized carbons (Fsp3) is 0.571. The van der Waals surface area contributed by atoms with Crippen molar-refractivity contribution in [3.8, 4) is 0 Å². The van der Waals surface area contributed by atoms with Crippen LogP contribution in [0.5, 0.6) is 0 Å². The largest absolute Gasteiger partial charge is 0.312 e. The Balaban J connectivity index is 1.84. The Kier molecular flexibility index (Phi) is 4.08. The van der Waals surface area contributed by atoms with Crippen LogP contribution in [-0.4, -0.2) is 18.1 Å². The summed E-state index contributed by atoms with van der Waals surface area (Å²) in [6.07, 6.45) is 2.39. The van der Waals surface area contributed by atoms with E-state index < -0.39 is 0 Å². The number of benzene rings is 1. The van der Waals surface area contributed by atoms with Crippen LogP contribution in [0.15, 0.2) is 24.3 Å². The average molecular weight is 253 g/mol. The Bertz CT molecular complexity index is 359. The first kappa shape index (κ1) is 12.9. The number of hydrogen-bond acceptors (Lipinski definition) is 2. The average Bonchev–Trinajstić information content (AvgIpc) is 2.27. The van der Waals surface area contributed by atoms with Crippen LogP contribution in [0.1, 0.15) is 32.3 Å².